The summed E-state index contributed by atoms with van der Waals surface area (Å²) in [6.45, 7) is 3.21. The van der Waals surface area contributed by atoms with Crippen LogP contribution in [0.1, 0.15) is 19.4 Å². The molecule has 1 aliphatic rings. The SMILES string of the molecule is CC(C)N1C(=O)NC(=O)[C@@H](C=N[C@H](Cc2ccc(O)cc2)C(=O)[O-])C1=O. The van der Waals surface area contributed by atoms with Crippen LogP contribution < -0.4 is 10.4 Å². The van der Waals surface area contributed by atoms with Crippen LogP contribution in [-0.4, -0.2) is 52.1 Å². The summed E-state index contributed by atoms with van der Waals surface area (Å²) in [6, 6.07) is 3.23. The van der Waals surface area contributed by atoms with E-state index in [1.54, 1.807) is 13.8 Å². The van der Waals surface area contributed by atoms with E-state index in [0.29, 0.717) is 5.56 Å². The number of imide groups is 2. The van der Waals surface area contributed by atoms with Crippen molar-refractivity contribution in [3.05, 3.63) is 29.8 Å². The number of carboxylic acid groups (broad SMARTS) is 1. The molecule has 26 heavy (non-hydrogen) atoms. The number of phenolic OH excluding ortho intramolecular Hbond substituents is 1. The van der Waals surface area contributed by atoms with Gasteiger partial charge in [0.1, 0.15) is 5.75 Å². The van der Waals surface area contributed by atoms with E-state index >= 15 is 0 Å². The molecule has 1 aromatic rings. The number of amides is 4. The third kappa shape index (κ3) is 4.24. The third-order valence-corrected chi connectivity index (χ3v) is 3.80. The highest BCUT2D eigenvalue weighted by Crippen LogP contribution is 2.15. The molecule has 1 aromatic carbocycles. The van der Waals surface area contributed by atoms with Gasteiger partial charge >= 0.3 is 6.03 Å². The number of hydrogen-bond donors (Lipinski definition) is 2. The van der Waals surface area contributed by atoms with Gasteiger partial charge in [-0.2, -0.15) is 0 Å². The molecule has 0 bridgehead atoms. The first-order valence-electron chi connectivity index (χ1n) is 7.90. The summed E-state index contributed by atoms with van der Waals surface area (Å²) in [5, 5.41) is 22.6. The van der Waals surface area contributed by atoms with Crippen molar-refractivity contribution in [3.8, 4) is 5.75 Å². The van der Waals surface area contributed by atoms with Crippen LogP contribution in [0.2, 0.25) is 0 Å². The van der Waals surface area contributed by atoms with Crippen LogP contribution in [0.5, 0.6) is 5.75 Å². The van der Waals surface area contributed by atoms with Crippen molar-refractivity contribution in [2.24, 2.45) is 10.9 Å². The van der Waals surface area contributed by atoms with Gasteiger partial charge in [0.05, 0.1) is 12.0 Å². The highest BCUT2D eigenvalue weighted by molar-refractivity contribution is 6.23. The molecule has 4 amide bonds. The molecule has 1 fully saturated rings. The molecule has 1 heterocycles. The van der Waals surface area contributed by atoms with Crippen molar-refractivity contribution >= 4 is 30.0 Å². The number of nitrogens with zero attached hydrogens (tertiary/aromatic N) is 2. The van der Waals surface area contributed by atoms with Crippen molar-refractivity contribution in [3.63, 3.8) is 0 Å². The Hall–Kier alpha value is -3.23. The predicted octanol–water partition coefficient (Wildman–Crippen LogP) is -0.773. The number of phenols is 1. The highest BCUT2D eigenvalue weighted by atomic mass is 16.4. The zero-order valence-electron chi connectivity index (χ0n) is 14.2. The van der Waals surface area contributed by atoms with Gasteiger partial charge in [0.25, 0.3) is 0 Å². The minimum Gasteiger partial charge on any atom is -0.548 e. The lowest BCUT2D eigenvalue weighted by molar-refractivity contribution is -0.307. The lowest BCUT2D eigenvalue weighted by Gasteiger charge is -2.31. The first-order chi connectivity index (χ1) is 12.2. The molecule has 0 radical (unpaired) electrons. The number of carboxylic acids is 1. The number of hydrogen-bond acceptors (Lipinski definition) is 7. The number of barbiturate groups is 1. The minimum absolute atomic E-state index is 0.0326. The fourth-order valence-corrected chi connectivity index (χ4v) is 2.47. The first kappa shape index (κ1) is 19.1. The van der Waals surface area contributed by atoms with Crippen molar-refractivity contribution in [1.82, 2.24) is 10.2 Å². The number of aliphatic imine (C=N–C) groups is 1. The van der Waals surface area contributed by atoms with Crippen LogP contribution in [0.25, 0.3) is 0 Å². The smallest absolute Gasteiger partial charge is 0.331 e. The maximum atomic E-state index is 12.3. The standard InChI is InChI=1S/C17H19N3O6/c1-9(2)20-15(23)12(14(22)19-17(20)26)8-18-13(16(24)25)7-10-3-5-11(21)6-4-10/h3-6,8-9,12-13,21H,7H2,1-2H3,(H,24,25)(H,19,22,26)/p-1/t12-,13-/m1/s1. The molecule has 0 aromatic heterocycles. The Balaban J connectivity index is 2.18. The summed E-state index contributed by atoms with van der Waals surface area (Å²) in [5.41, 5.74) is 0.576. The van der Waals surface area contributed by atoms with Gasteiger partial charge in [-0.1, -0.05) is 12.1 Å². The lowest BCUT2D eigenvalue weighted by Crippen LogP contribution is -2.60. The first-order valence-corrected chi connectivity index (χ1v) is 7.90. The second kappa shape index (κ2) is 7.77. The van der Waals surface area contributed by atoms with Crippen molar-refractivity contribution in [1.29, 1.82) is 0 Å². The number of benzene rings is 1. The molecule has 2 rings (SSSR count). The topological polar surface area (TPSA) is 139 Å². The molecule has 0 spiro atoms. The summed E-state index contributed by atoms with van der Waals surface area (Å²) < 4.78 is 0. The maximum absolute atomic E-state index is 12.3. The van der Waals surface area contributed by atoms with Gasteiger partial charge < -0.3 is 15.0 Å². The summed E-state index contributed by atoms with van der Waals surface area (Å²) in [6.07, 6.45) is 0.884. The van der Waals surface area contributed by atoms with Crippen LogP contribution in [0.3, 0.4) is 0 Å². The Morgan fingerprint density at radius 2 is 1.92 bits per heavy atom. The Bertz CT molecular complexity index is 756. The van der Waals surface area contributed by atoms with E-state index in [2.05, 4.69) is 4.99 Å². The number of rotatable bonds is 6. The van der Waals surface area contributed by atoms with E-state index in [1.807, 2.05) is 5.32 Å². The second-order valence-electron chi connectivity index (χ2n) is 6.08. The molecule has 1 aliphatic heterocycles. The second-order valence-corrected chi connectivity index (χ2v) is 6.08. The summed E-state index contributed by atoms with van der Waals surface area (Å²) >= 11 is 0. The Morgan fingerprint density at radius 3 is 2.46 bits per heavy atom. The van der Waals surface area contributed by atoms with Crippen LogP contribution in [0.15, 0.2) is 29.3 Å². The largest absolute Gasteiger partial charge is 0.548 e. The fourth-order valence-electron chi connectivity index (χ4n) is 2.47. The zero-order valence-corrected chi connectivity index (χ0v) is 14.2. The summed E-state index contributed by atoms with van der Waals surface area (Å²) in [5.74, 6) is -4.46. The average molecular weight is 360 g/mol. The molecule has 138 valence electrons. The lowest BCUT2D eigenvalue weighted by atomic mass is 10.0. The zero-order chi connectivity index (χ0) is 19.4. The number of carbonyl (C=O) groups excluding carboxylic acids is 4. The number of aromatic hydroxyl groups is 1. The van der Waals surface area contributed by atoms with Crippen LogP contribution in [0.4, 0.5) is 4.79 Å². The molecule has 0 saturated carbocycles. The monoisotopic (exact) mass is 360 g/mol. The van der Waals surface area contributed by atoms with Crippen LogP contribution in [-0.2, 0) is 20.8 Å². The van der Waals surface area contributed by atoms with Crippen molar-refractivity contribution in [2.75, 3.05) is 0 Å². The quantitative estimate of drug-likeness (QED) is 0.504. The molecule has 2 N–H and O–H groups in total. The van der Waals surface area contributed by atoms with E-state index in [1.165, 1.54) is 24.3 Å². The molecular weight excluding hydrogens is 342 g/mol. The number of carbonyl (C=O) groups is 4. The Kier molecular flexibility index (Phi) is 5.71. The van der Waals surface area contributed by atoms with Crippen LogP contribution >= 0.6 is 0 Å². The van der Waals surface area contributed by atoms with E-state index in [-0.39, 0.29) is 12.2 Å². The maximum Gasteiger partial charge on any atom is 0.331 e. The molecule has 0 unspecified atom stereocenters. The highest BCUT2D eigenvalue weighted by Gasteiger charge is 2.40. The summed E-state index contributed by atoms with van der Waals surface area (Å²) in [7, 11) is 0. The minimum atomic E-state index is -1.48. The predicted molar refractivity (Wildman–Crippen MR) is 88.1 cm³/mol. The van der Waals surface area contributed by atoms with Gasteiger partial charge in [-0.15, -0.1) is 0 Å². The molecule has 9 heteroatoms. The van der Waals surface area contributed by atoms with Crippen molar-refractivity contribution in [2.45, 2.75) is 32.4 Å². The van der Waals surface area contributed by atoms with Gasteiger partial charge in [0.15, 0.2) is 5.92 Å². The Morgan fingerprint density at radius 1 is 1.31 bits per heavy atom. The molecule has 9 nitrogen and oxygen atoms in total. The Labute approximate surface area is 149 Å². The van der Waals surface area contributed by atoms with Crippen LogP contribution in [0, 0.1) is 5.92 Å². The number of urea groups is 1. The molecule has 0 aliphatic carbocycles. The third-order valence-electron chi connectivity index (χ3n) is 3.80. The average Bonchev–Trinajstić information content (AvgIpc) is 2.54. The van der Waals surface area contributed by atoms with E-state index in [4.69, 9.17) is 0 Å². The van der Waals surface area contributed by atoms with Gasteiger partial charge in [-0.05, 0) is 31.5 Å². The molecule has 2 atom stereocenters. The summed E-state index contributed by atoms with van der Waals surface area (Å²) in [4.78, 5) is 52.0. The van der Waals surface area contributed by atoms with Gasteiger partial charge in [-0.3, -0.25) is 24.8 Å². The van der Waals surface area contributed by atoms with Crippen molar-refractivity contribution < 1.29 is 29.4 Å². The number of aliphatic carboxylic acids is 1. The van der Waals surface area contributed by atoms with E-state index in [9.17, 15) is 29.4 Å². The van der Waals surface area contributed by atoms with Gasteiger partial charge in [0.2, 0.25) is 11.8 Å². The van der Waals surface area contributed by atoms with Gasteiger partial charge in [-0.25, -0.2) is 4.79 Å². The fraction of sp³-hybridized carbons (Fsp3) is 0.353. The van der Waals surface area contributed by atoms with E-state index in [0.717, 1.165) is 11.1 Å². The number of nitrogens with one attached hydrogen (secondary N) is 1. The molecule has 1 saturated heterocycles. The normalized spacial score (nSPS) is 19.1. The van der Waals surface area contributed by atoms with Gasteiger partial charge in [0, 0.05) is 18.7 Å². The van der Waals surface area contributed by atoms with E-state index < -0.39 is 41.8 Å². The molecular formula is C17H18N3O6-.